The van der Waals surface area contributed by atoms with E-state index in [2.05, 4.69) is 179 Å². The zero-order chi connectivity index (χ0) is 69.5. The third-order valence-electron chi connectivity index (χ3n) is 14.2. The van der Waals surface area contributed by atoms with Gasteiger partial charge in [0.1, 0.15) is 25.4 Å². The van der Waals surface area contributed by atoms with Crippen LogP contribution in [0, 0.1) is 0 Å². The van der Waals surface area contributed by atoms with Crippen LogP contribution in [0.5, 0.6) is 0 Å². The number of phosphoric ester groups is 2. The molecule has 0 aliphatic rings. The SMILES string of the molecule is CC/C=C\C/C=C\C/C=C\C/C=C\C/C=C\C/C=C\CCCCCCCCCCC(=O)OCC(O)COP(=O)(O)OCC(O)COP(=O)(O)OCC(COC(=O)CCCCCC/C=C\C/C=C\C/C=C\C/C=C\CC)OC(=O)CCCCCCC/C=C\C/C=C\C/C=C\CC. The van der Waals surface area contributed by atoms with Gasteiger partial charge in [-0.05, 0) is 141 Å². The summed E-state index contributed by atoms with van der Waals surface area (Å²) in [6.45, 7) is 2.25. The number of hydrogen-bond donors (Lipinski definition) is 4. The molecule has 0 aromatic rings. The fourth-order valence-electron chi connectivity index (χ4n) is 8.87. The van der Waals surface area contributed by atoms with E-state index in [1.807, 2.05) is 0 Å². The summed E-state index contributed by atoms with van der Waals surface area (Å²) in [5, 5.41) is 20.6. The molecule has 0 rings (SSSR count). The van der Waals surface area contributed by atoms with Gasteiger partial charge in [0, 0.05) is 19.3 Å². The van der Waals surface area contributed by atoms with E-state index in [0.29, 0.717) is 19.3 Å². The van der Waals surface area contributed by atoms with Crippen molar-refractivity contribution in [1.82, 2.24) is 0 Å². The van der Waals surface area contributed by atoms with E-state index in [9.17, 15) is 43.5 Å². The molecular formula is C77H126O16P2. The molecule has 0 aromatic carbocycles. The molecule has 16 nitrogen and oxygen atoms in total. The van der Waals surface area contributed by atoms with Crippen molar-refractivity contribution in [2.45, 2.75) is 270 Å². The van der Waals surface area contributed by atoms with Gasteiger partial charge in [0.15, 0.2) is 6.10 Å². The monoisotopic (exact) mass is 1370 g/mol. The van der Waals surface area contributed by atoms with Crippen LogP contribution in [0.4, 0.5) is 0 Å². The van der Waals surface area contributed by atoms with E-state index in [0.717, 1.165) is 173 Å². The van der Waals surface area contributed by atoms with Crippen molar-refractivity contribution < 1.29 is 75.8 Å². The van der Waals surface area contributed by atoms with Crippen LogP contribution in [0.2, 0.25) is 0 Å². The van der Waals surface area contributed by atoms with Gasteiger partial charge in [0.05, 0.1) is 26.4 Å². The smallest absolute Gasteiger partial charge is 0.463 e. The minimum Gasteiger partial charge on any atom is -0.463 e. The molecule has 0 saturated carbocycles. The van der Waals surface area contributed by atoms with E-state index >= 15 is 0 Å². The number of hydrogen-bond acceptors (Lipinski definition) is 14. The van der Waals surface area contributed by atoms with Crippen molar-refractivity contribution >= 4 is 33.6 Å². The maximum absolute atomic E-state index is 12.9. The molecule has 5 unspecified atom stereocenters. The van der Waals surface area contributed by atoms with Gasteiger partial charge in [-0.25, -0.2) is 9.13 Å². The van der Waals surface area contributed by atoms with Gasteiger partial charge in [0.2, 0.25) is 0 Å². The maximum Gasteiger partial charge on any atom is 0.472 e. The molecule has 0 saturated heterocycles. The van der Waals surface area contributed by atoms with Crippen LogP contribution in [0.25, 0.3) is 0 Å². The molecule has 0 radical (unpaired) electrons. The highest BCUT2D eigenvalue weighted by Crippen LogP contribution is 2.45. The van der Waals surface area contributed by atoms with Crippen molar-refractivity contribution in [2.75, 3.05) is 39.6 Å². The number of unbranched alkanes of at least 4 members (excludes halogenated alkanes) is 17. The van der Waals surface area contributed by atoms with Gasteiger partial charge in [0.25, 0.3) is 0 Å². The van der Waals surface area contributed by atoms with Gasteiger partial charge >= 0.3 is 33.6 Å². The molecular weight excluding hydrogens is 1240 g/mol. The summed E-state index contributed by atoms with van der Waals surface area (Å²) in [7, 11) is -9.81. The molecule has 0 aliphatic heterocycles. The molecule has 18 heteroatoms. The van der Waals surface area contributed by atoms with E-state index in [1.165, 1.54) is 19.3 Å². The molecule has 0 heterocycles. The lowest BCUT2D eigenvalue weighted by atomic mass is 10.1. The van der Waals surface area contributed by atoms with Gasteiger partial charge in [-0.15, -0.1) is 0 Å². The van der Waals surface area contributed by atoms with Gasteiger partial charge in [-0.1, -0.05) is 249 Å². The number of allylic oxidation sites excluding steroid dienone is 26. The number of rotatable bonds is 66. The van der Waals surface area contributed by atoms with E-state index < -0.39 is 91.5 Å². The highest BCUT2D eigenvalue weighted by atomic mass is 31.2. The van der Waals surface area contributed by atoms with Gasteiger partial charge in [-0.2, -0.15) is 0 Å². The van der Waals surface area contributed by atoms with Crippen LogP contribution in [-0.2, 0) is 55.8 Å². The number of aliphatic hydroxyl groups excluding tert-OH is 2. The first kappa shape index (κ1) is 90.2. The number of ether oxygens (including phenoxy) is 3. The molecule has 0 amide bonds. The summed E-state index contributed by atoms with van der Waals surface area (Å²) in [6.07, 6.45) is 84.4. The summed E-state index contributed by atoms with van der Waals surface area (Å²) in [4.78, 5) is 58.4. The third kappa shape index (κ3) is 70.3. The predicted octanol–water partition coefficient (Wildman–Crippen LogP) is 20.3. The molecule has 0 aromatic heterocycles. The number of aliphatic hydroxyl groups is 2. The summed E-state index contributed by atoms with van der Waals surface area (Å²) < 4.78 is 60.9. The minimum atomic E-state index is -4.94. The molecule has 0 aliphatic carbocycles. The first-order valence-electron chi connectivity index (χ1n) is 35.8. The van der Waals surface area contributed by atoms with Crippen LogP contribution in [-0.4, -0.2) is 95.9 Å². The lowest BCUT2D eigenvalue weighted by Crippen LogP contribution is -2.30. The van der Waals surface area contributed by atoms with Crippen molar-refractivity contribution in [2.24, 2.45) is 0 Å². The largest absolute Gasteiger partial charge is 0.472 e. The molecule has 0 spiro atoms. The molecule has 95 heavy (non-hydrogen) atoms. The Morgan fingerprint density at radius 1 is 0.295 bits per heavy atom. The second-order valence-electron chi connectivity index (χ2n) is 23.2. The van der Waals surface area contributed by atoms with Crippen molar-refractivity contribution in [3.8, 4) is 0 Å². The fraction of sp³-hybridized carbons (Fsp3) is 0.623. The zero-order valence-electron chi connectivity index (χ0n) is 58.5. The average Bonchev–Trinajstić information content (AvgIpc) is 2.05. The molecule has 0 fully saturated rings. The highest BCUT2D eigenvalue weighted by Gasteiger charge is 2.29. The quantitative estimate of drug-likeness (QED) is 0.0146. The highest BCUT2D eigenvalue weighted by molar-refractivity contribution is 7.47. The van der Waals surface area contributed by atoms with Gasteiger partial charge in [-0.3, -0.25) is 32.5 Å². The number of esters is 3. The molecule has 5 atom stereocenters. The second kappa shape index (κ2) is 69.1. The van der Waals surface area contributed by atoms with Crippen LogP contribution < -0.4 is 0 Å². The van der Waals surface area contributed by atoms with Crippen molar-refractivity contribution in [3.63, 3.8) is 0 Å². The molecule has 4 N–H and O–H groups in total. The Morgan fingerprint density at radius 3 is 0.832 bits per heavy atom. The van der Waals surface area contributed by atoms with Crippen molar-refractivity contribution in [3.05, 3.63) is 158 Å². The lowest BCUT2D eigenvalue weighted by Gasteiger charge is -2.21. The Labute approximate surface area is 574 Å². The average molecular weight is 1370 g/mol. The maximum atomic E-state index is 12.9. The normalized spacial score (nSPS) is 15.1. The van der Waals surface area contributed by atoms with Crippen molar-refractivity contribution in [1.29, 1.82) is 0 Å². The summed E-state index contributed by atoms with van der Waals surface area (Å²) in [6, 6.07) is 0. The Hall–Kier alpha value is -4.83. The second-order valence-corrected chi connectivity index (χ2v) is 26.1. The van der Waals surface area contributed by atoms with Crippen LogP contribution in [0.1, 0.15) is 252 Å². The van der Waals surface area contributed by atoms with E-state index in [1.54, 1.807) is 0 Å². The topological polar surface area (TPSA) is 231 Å². The first-order chi connectivity index (χ1) is 46.2. The number of carbonyl (C=O) groups excluding carboxylic acids is 3. The van der Waals surface area contributed by atoms with Crippen LogP contribution in [0.3, 0.4) is 0 Å². The predicted molar refractivity (Wildman–Crippen MR) is 389 cm³/mol. The lowest BCUT2D eigenvalue weighted by molar-refractivity contribution is -0.161. The number of carbonyl (C=O) groups is 3. The minimum absolute atomic E-state index is 0.0741. The first-order valence-corrected chi connectivity index (χ1v) is 38.8. The summed E-state index contributed by atoms with van der Waals surface area (Å²) in [5.41, 5.74) is 0. The van der Waals surface area contributed by atoms with Gasteiger partial charge < -0.3 is 34.2 Å². The fourth-order valence-corrected chi connectivity index (χ4v) is 10.5. The third-order valence-corrected chi connectivity index (χ3v) is 16.1. The number of phosphoric acid groups is 2. The molecule has 0 bridgehead atoms. The molecule has 540 valence electrons. The zero-order valence-corrected chi connectivity index (χ0v) is 60.3. The standard InChI is InChI=1S/C77H126O16P2/c1-4-7-10-13-16-19-22-25-28-30-31-32-33-34-35-36-37-38-39-41-44-45-48-51-54-57-60-63-75(80)87-66-72(78)67-89-94(83,84)90-68-73(79)69-91-95(85,86)92-71-74(93-77(82)65-62-59-56-53-50-47-42-27-24-21-18-15-12-9-6-3)70-88-76(81)64-61-58-55-52-49-46-43-40-29-26-23-20-17-14-11-8-5-2/h7-12,16-21,25-29,31-32,34-35,37-38,42-43,46,72-74,78-79H,4-6,13-15,22-24,30,33,36,39-41,44-45,47-71H2,1-3H3,(H,83,84)(H,85,86)/b10-7-,11-8-,12-9-,19-16-,20-17-,21-18-,28-25-,29-26-,32-31-,35-34-,38-37-,42-27-,46-43-. The Morgan fingerprint density at radius 2 is 0.526 bits per heavy atom. The Balaban J connectivity index is 4.61. The summed E-state index contributed by atoms with van der Waals surface area (Å²) in [5.74, 6) is -1.64. The Kier molecular flexibility index (Phi) is 65.6. The van der Waals surface area contributed by atoms with Crippen LogP contribution in [0.15, 0.2) is 158 Å². The van der Waals surface area contributed by atoms with E-state index in [4.69, 9.17) is 32.3 Å². The Bertz CT molecular complexity index is 2360. The van der Waals surface area contributed by atoms with E-state index in [-0.39, 0.29) is 19.3 Å². The van der Waals surface area contributed by atoms with Crippen LogP contribution >= 0.6 is 15.6 Å². The summed E-state index contributed by atoms with van der Waals surface area (Å²) >= 11 is 0.